The number of nitrogens with zero attached hydrogens (tertiary/aromatic N) is 1. The Hall–Kier alpha value is -1.62. The van der Waals surface area contributed by atoms with Crippen LogP contribution in [0.5, 0.6) is 0 Å². The van der Waals surface area contributed by atoms with Crippen molar-refractivity contribution in [3.63, 3.8) is 0 Å². The van der Waals surface area contributed by atoms with Crippen molar-refractivity contribution in [3.8, 4) is 0 Å². The number of rotatable bonds is 0. The molecule has 0 saturated heterocycles. The normalized spacial score (nSPS) is 14.5. The summed E-state index contributed by atoms with van der Waals surface area (Å²) in [6, 6.07) is 5.94. The first-order chi connectivity index (χ1) is 8.52. The van der Waals surface area contributed by atoms with Gasteiger partial charge in [-0.05, 0) is 24.3 Å². The molecule has 4 nitrogen and oxygen atoms in total. The predicted molar refractivity (Wildman–Crippen MR) is 66.3 cm³/mol. The van der Waals surface area contributed by atoms with Gasteiger partial charge in [0.15, 0.2) is 0 Å². The maximum absolute atomic E-state index is 11.8. The molecule has 0 aliphatic carbocycles. The van der Waals surface area contributed by atoms with E-state index in [1.807, 2.05) is 0 Å². The second kappa shape index (κ2) is 3.68. The number of hydrogen-bond acceptors (Lipinski definition) is 3. The number of halogens is 2. The van der Waals surface area contributed by atoms with Crippen LogP contribution in [0, 0.1) is 0 Å². The quantitative estimate of drug-likeness (QED) is 0.596. The minimum Gasteiger partial charge on any atom is -0.278 e. The molecule has 3 rings (SSSR count). The van der Waals surface area contributed by atoms with Crippen molar-refractivity contribution in [2.24, 2.45) is 0 Å². The standard InChI is InChI=1S/C12H5Cl2NO3/c13-7-3-1-5-9-6(2-4-8(14)10(7)9)12(17)15(18)11(5)16/h1-4,18H. The van der Waals surface area contributed by atoms with Gasteiger partial charge in [0.25, 0.3) is 11.8 Å². The van der Waals surface area contributed by atoms with Crippen LogP contribution in [0.15, 0.2) is 24.3 Å². The maximum atomic E-state index is 11.8. The van der Waals surface area contributed by atoms with Crippen molar-refractivity contribution in [2.45, 2.75) is 0 Å². The van der Waals surface area contributed by atoms with Crippen LogP contribution in [0.3, 0.4) is 0 Å². The lowest BCUT2D eigenvalue weighted by Gasteiger charge is -2.22. The number of hydroxylamine groups is 2. The molecule has 1 aliphatic rings. The minimum atomic E-state index is -0.781. The molecule has 1 aliphatic heterocycles. The molecule has 0 radical (unpaired) electrons. The van der Waals surface area contributed by atoms with Gasteiger partial charge in [0.1, 0.15) is 0 Å². The van der Waals surface area contributed by atoms with E-state index < -0.39 is 11.8 Å². The van der Waals surface area contributed by atoms with Crippen molar-refractivity contribution in [1.29, 1.82) is 0 Å². The zero-order valence-corrected chi connectivity index (χ0v) is 10.3. The first-order valence-electron chi connectivity index (χ1n) is 5.00. The lowest BCUT2D eigenvalue weighted by Crippen LogP contribution is -2.37. The van der Waals surface area contributed by atoms with Crippen LogP contribution in [0.25, 0.3) is 10.8 Å². The Morgan fingerprint density at radius 1 is 0.833 bits per heavy atom. The van der Waals surface area contributed by atoms with E-state index in [1.165, 1.54) is 24.3 Å². The number of carbonyl (C=O) groups is 2. The summed E-state index contributed by atoms with van der Waals surface area (Å²) in [5.74, 6) is -1.56. The van der Waals surface area contributed by atoms with Crippen LogP contribution in [-0.2, 0) is 0 Å². The third kappa shape index (κ3) is 1.31. The second-order valence-electron chi connectivity index (χ2n) is 3.86. The molecule has 2 amide bonds. The van der Waals surface area contributed by atoms with Gasteiger partial charge in [-0.15, -0.1) is 5.06 Å². The molecular formula is C12H5Cl2NO3. The molecule has 1 N–H and O–H groups in total. The molecule has 90 valence electrons. The lowest BCUT2D eigenvalue weighted by molar-refractivity contribution is -0.0377. The highest BCUT2D eigenvalue weighted by Gasteiger charge is 2.33. The Balaban J connectivity index is 2.58. The van der Waals surface area contributed by atoms with Crippen molar-refractivity contribution in [2.75, 3.05) is 0 Å². The molecule has 0 aromatic heterocycles. The van der Waals surface area contributed by atoms with Gasteiger partial charge < -0.3 is 0 Å². The van der Waals surface area contributed by atoms with E-state index >= 15 is 0 Å². The Morgan fingerprint density at radius 2 is 1.28 bits per heavy atom. The van der Waals surface area contributed by atoms with Crippen LogP contribution in [-0.4, -0.2) is 22.1 Å². The molecule has 6 heteroatoms. The van der Waals surface area contributed by atoms with Gasteiger partial charge in [-0.1, -0.05) is 23.2 Å². The number of imide groups is 1. The molecule has 2 aromatic carbocycles. The van der Waals surface area contributed by atoms with E-state index in [1.54, 1.807) is 0 Å². The summed E-state index contributed by atoms with van der Waals surface area (Å²) in [6.07, 6.45) is 0. The summed E-state index contributed by atoms with van der Waals surface area (Å²) in [5, 5.41) is 11.1. The minimum absolute atomic E-state index is 0.0961. The summed E-state index contributed by atoms with van der Waals surface area (Å²) < 4.78 is 0. The summed E-state index contributed by atoms with van der Waals surface area (Å²) in [6.45, 7) is 0. The number of hydrogen-bond donors (Lipinski definition) is 1. The van der Waals surface area contributed by atoms with Crippen LogP contribution in [0.1, 0.15) is 20.7 Å². The van der Waals surface area contributed by atoms with Crippen molar-refractivity contribution in [3.05, 3.63) is 45.4 Å². The van der Waals surface area contributed by atoms with Crippen LogP contribution >= 0.6 is 23.2 Å². The maximum Gasteiger partial charge on any atom is 0.285 e. The molecular weight excluding hydrogens is 277 g/mol. The van der Waals surface area contributed by atoms with Gasteiger partial charge in [-0.25, -0.2) is 0 Å². The van der Waals surface area contributed by atoms with E-state index in [2.05, 4.69) is 0 Å². The highest BCUT2D eigenvalue weighted by atomic mass is 35.5. The van der Waals surface area contributed by atoms with Gasteiger partial charge in [0, 0.05) is 20.8 Å². The largest absolute Gasteiger partial charge is 0.285 e. The summed E-state index contributed by atoms with van der Waals surface area (Å²) in [4.78, 5) is 23.6. The fourth-order valence-corrected chi connectivity index (χ4v) is 2.66. The Bertz CT molecular complexity index is 670. The molecule has 0 atom stereocenters. The molecule has 0 bridgehead atoms. The first kappa shape index (κ1) is 11.5. The van der Waals surface area contributed by atoms with Crippen LogP contribution in [0.4, 0.5) is 0 Å². The lowest BCUT2D eigenvalue weighted by atomic mass is 9.95. The zero-order chi connectivity index (χ0) is 13.0. The Morgan fingerprint density at radius 3 is 1.72 bits per heavy atom. The zero-order valence-electron chi connectivity index (χ0n) is 8.78. The Labute approximate surface area is 111 Å². The fraction of sp³-hybridized carbons (Fsp3) is 0. The number of benzene rings is 2. The summed E-state index contributed by atoms with van der Waals surface area (Å²) in [7, 11) is 0. The van der Waals surface area contributed by atoms with E-state index in [0.29, 0.717) is 20.8 Å². The number of amides is 2. The Kier molecular flexibility index (Phi) is 2.35. The monoisotopic (exact) mass is 281 g/mol. The van der Waals surface area contributed by atoms with Gasteiger partial charge in [-0.2, -0.15) is 0 Å². The van der Waals surface area contributed by atoms with E-state index in [4.69, 9.17) is 23.2 Å². The smallest absolute Gasteiger partial charge is 0.278 e. The number of carbonyl (C=O) groups excluding carboxylic acids is 2. The van der Waals surface area contributed by atoms with Gasteiger partial charge >= 0.3 is 0 Å². The van der Waals surface area contributed by atoms with Gasteiger partial charge in [0.2, 0.25) is 0 Å². The average Bonchev–Trinajstić information content (AvgIpc) is 2.35. The first-order valence-corrected chi connectivity index (χ1v) is 5.76. The average molecular weight is 282 g/mol. The molecule has 2 aromatic rings. The van der Waals surface area contributed by atoms with E-state index in [9.17, 15) is 14.8 Å². The van der Waals surface area contributed by atoms with Crippen LogP contribution in [0.2, 0.25) is 10.0 Å². The predicted octanol–water partition coefficient (Wildman–Crippen LogP) is 3.13. The SMILES string of the molecule is O=C1c2ccc(Cl)c3c(Cl)ccc(c23)C(=O)N1O. The second-order valence-corrected chi connectivity index (χ2v) is 4.68. The molecule has 0 unspecified atom stereocenters. The molecule has 0 saturated carbocycles. The highest BCUT2D eigenvalue weighted by Crippen LogP contribution is 2.37. The van der Waals surface area contributed by atoms with Gasteiger partial charge in [0.05, 0.1) is 11.1 Å². The third-order valence-electron chi connectivity index (χ3n) is 2.90. The summed E-state index contributed by atoms with van der Waals surface area (Å²) >= 11 is 12.1. The van der Waals surface area contributed by atoms with Crippen LogP contribution < -0.4 is 0 Å². The van der Waals surface area contributed by atoms with E-state index in [-0.39, 0.29) is 16.2 Å². The van der Waals surface area contributed by atoms with Crippen molar-refractivity contribution < 1.29 is 14.8 Å². The molecule has 0 fully saturated rings. The molecule has 1 heterocycles. The molecule has 18 heavy (non-hydrogen) atoms. The van der Waals surface area contributed by atoms with Crippen molar-refractivity contribution in [1.82, 2.24) is 5.06 Å². The topological polar surface area (TPSA) is 57.6 Å². The fourth-order valence-electron chi connectivity index (χ4n) is 2.09. The molecule has 0 spiro atoms. The highest BCUT2D eigenvalue weighted by molar-refractivity contribution is 6.44. The van der Waals surface area contributed by atoms with Crippen molar-refractivity contribution >= 4 is 45.8 Å². The third-order valence-corrected chi connectivity index (χ3v) is 3.53. The van der Waals surface area contributed by atoms with Gasteiger partial charge in [-0.3, -0.25) is 14.8 Å². The van der Waals surface area contributed by atoms with E-state index in [0.717, 1.165) is 0 Å². The summed E-state index contributed by atoms with van der Waals surface area (Å²) in [5.41, 5.74) is 0.406.